The van der Waals surface area contributed by atoms with Crippen molar-refractivity contribution < 1.29 is 4.65 Å². The molecule has 34 heavy (non-hydrogen) atoms. The highest BCUT2D eigenvalue weighted by Gasteiger charge is 2.48. The van der Waals surface area contributed by atoms with Gasteiger partial charge in [-0.15, -0.1) is 0 Å². The molecule has 1 N–H and O–H groups in total. The Kier molecular flexibility index (Phi) is 6.76. The Balaban J connectivity index is 0.00000241. The maximum atomic E-state index is 6.80. The standard InChI is InChI=1S/C30H32BNO.CH4/c1-2-12-24(13-3-1)29-30(33-31-32-29,20-25-16-8-14-22-10-4-6-18-27(22)25)21-26-17-9-15-23-11-5-7-19-28(23)26;/h4-11,14-19,24,29,31-32H,1-3,12-13,20-21H2;1H4/t29-;/m1./s1. The van der Waals surface area contributed by atoms with Gasteiger partial charge in [-0.25, -0.2) is 0 Å². The van der Waals surface area contributed by atoms with Gasteiger partial charge in [-0.1, -0.05) is 112 Å². The van der Waals surface area contributed by atoms with Crippen LogP contribution in [-0.2, 0) is 17.5 Å². The maximum Gasteiger partial charge on any atom is 0.361 e. The average molecular weight is 449 g/mol. The molecule has 0 radical (unpaired) electrons. The molecule has 1 saturated heterocycles. The van der Waals surface area contributed by atoms with E-state index in [1.54, 1.807) is 0 Å². The summed E-state index contributed by atoms with van der Waals surface area (Å²) in [6.45, 7) is 0. The van der Waals surface area contributed by atoms with Crippen LogP contribution in [0.1, 0.15) is 50.7 Å². The lowest BCUT2D eigenvalue weighted by Crippen LogP contribution is -2.52. The molecule has 1 saturated carbocycles. The van der Waals surface area contributed by atoms with E-state index in [4.69, 9.17) is 4.65 Å². The second-order valence-corrected chi connectivity index (χ2v) is 10.1. The van der Waals surface area contributed by atoms with Crippen molar-refractivity contribution in [2.45, 2.75) is 64.0 Å². The first-order chi connectivity index (χ1) is 16.3. The lowest BCUT2D eigenvalue weighted by molar-refractivity contribution is 0.0443. The van der Waals surface area contributed by atoms with E-state index in [0.717, 1.165) is 12.8 Å². The van der Waals surface area contributed by atoms with Crippen LogP contribution in [0.2, 0.25) is 0 Å². The van der Waals surface area contributed by atoms with Crippen LogP contribution < -0.4 is 5.23 Å². The molecule has 0 aromatic heterocycles. The van der Waals surface area contributed by atoms with Crippen molar-refractivity contribution in [3.63, 3.8) is 0 Å². The van der Waals surface area contributed by atoms with Crippen LogP contribution in [0.3, 0.4) is 0 Å². The summed E-state index contributed by atoms with van der Waals surface area (Å²) in [7, 11) is 0.650. The molecule has 1 heterocycles. The number of nitrogens with one attached hydrogen (secondary N) is 1. The van der Waals surface area contributed by atoms with Crippen LogP contribution in [0.4, 0.5) is 0 Å². The predicted molar refractivity (Wildman–Crippen MR) is 146 cm³/mol. The van der Waals surface area contributed by atoms with Gasteiger partial charge in [0.1, 0.15) is 0 Å². The van der Waals surface area contributed by atoms with E-state index in [9.17, 15) is 0 Å². The van der Waals surface area contributed by atoms with Gasteiger partial charge in [0, 0.05) is 18.9 Å². The number of benzene rings is 4. The number of fused-ring (bicyclic) bond motifs is 2. The first-order valence-electron chi connectivity index (χ1n) is 12.6. The third kappa shape index (κ3) is 4.28. The van der Waals surface area contributed by atoms with Gasteiger partial charge in [0.2, 0.25) is 0 Å². The third-order valence-electron chi connectivity index (χ3n) is 8.09. The fraction of sp³-hybridized carbons (Fsp3) is 0.355. The highest BCUT2D eigenvalue weighted by Crippen LogP contribution is 2.40. The van der Waals surface area contributed by atoms with Crippen molar-refractivity contribution in [2.75, 3.05) is 0 Å². The fourth-order valence-corrected chi connectivity index (χ4v) is 6.54. The molecule has 4 aromatic carbocycles. The van der Waals surface area contributed by atoms with E-state index >= 15 is 0 Å². The van der Waals surface area contributed by atoms with Gasteiger partial charge < -0.3 is 9.88 Å². The lowest BCUT2D eigenvalue weighted by Gasteiger charge is -2.41. The zero-order valence-corrected chi connectivity index (χ0v) is 19.3. The van der Waals surface area contributed by atoms with Gasteiger partial charge >= 0.3 is 7.62 Å². The van der Waals surface area contributed by atoms with Crippen molar-refractivity contribution in [1.29, 1.82) is 0 Å². The molecule has 0 bridgehead atoms. The summed E-state index contributed by atoms with van der Waals surface area (Å²) in [5, 5.41) is 9.18. The van der Waals surface area contributed by atoms with Gasteiger partial charge in [-0.3, -0.25) is 0 Å². The molecule has 0 unspecified atom stereocenters. The van der Waals surface area contributed by atoms with Crippen LogP contribution in [0.15, 0.2) is 84.9 Å². The molecule has 0 amide bonds. The Morgan fingerprint density at radius 1 is 0.706 bits per heavy atom. The second-order valence-electron chi connectivity index (χ2n) is 10.1. The molecule has 4 aromatic rings. The summed E-state index contributed by atoms with van der Waals surface area (Å²) in [5.74, 6) is 0.686. The molecule has 0 spiro atoms. The van der Waals surface area contributed by atoms with Gasteiger partial charge in [0.25, 0.3) is 0 Å². The molecule has 1 atom stereocenters. The van der Waals surface area contributed by atoms with Crippen molar-refractivity contribution in [3.05, 3.63) is 96.1 Å². The molecular weight excluding hydrogens is 413 g/mol. The Bertz CT molecular complexity index is 1170. The zero-order chi connectivity index (χ0) is 22.1. The van der Waals surface area contributed by atoms with E-state index in [1.165, 1.54) is 64.8 Å². The van der Waals surface area contributed by atoms with Gasteiger partial charge in [-0.05, 0) is 51.4 Å². The maximum absolute atomic E-state index is 6.80. The summed E-state index contributed by atoms with van der Waals surface area (Å²) in [6, 6.07) is 31.5. The summed E-state index contributed by atoms with van der Waals surface area (Å²) in [4.78, 5) is 0. The Morgan fingerprint density at radius 2 is 1.24 bits per heavy atom. The van der Waals surface area contributed by atoms with Crippen LogP contribution in [0.25, 0.3) is 21.5 Å². The van der Waals surface area contributed by atoms with Crippen molar-refractivity contribution in [1.82, 2.24) is 5.23 Å². The van der Waals surface area contributed by atoms with Crippen LogP contribution >= 0.6 is 0 Å². The minimum atomic E-state index is -0.240. The van der Waals surface area contributed by atoms with E-state index in [-0.39, 0.29) is 13.0 Å². The summed E-state index contributed by atoms with van der Waals surface area (Å²) < 4.78 is 6.80. The first kappa shape index (κ1) is 23.1. The Hall–Kier alpha value is -2.62. The van der Waals surface area contributed by atoms with E-state index in [2.05, 4.69) is 90.2 Å². The van der Waals surface area contributed by atoms with Crippen molar-refractivity contribution in [3.8, 4) is 0 Å². The molecule has 3 heteroatoms. The summed E-state index contributed by atoms with van der Waals surface area (Å²) >= 11 is 0. The monoisotopic (exact) mass is 449 g/mol. The van der Waals surface area contributed by atoms with Crippen molar-refractivity contribution >= 4 is 29.2 Å². The molecule has 6 rings (SSSR count). The van der Waals surface area contributed by atoms with E-state index in [1.807, 2.05) is 0 Å². The minimum Gasteiger partial charge on any atom is -0.416 e. The van der Waals surface area contributed by atoms with Gasteiger partial charge in [0.05, 0.1) is 5.60 Å². The average Bonchev–Trinajstić information content (AvgIpc) is 3.28. The third-order valence-corrected chi connectivity index (χ3v) is 8.09. The number of hydrogen-bond donors (Lipinski definition) is 1. The van der Waals surface area contributed by atoms with E-state index < -0.39 is 0 Å². The Labute approximate surface area is 205 Å². The minimum absolute atomic E-state index is 0. The molecule has 2 fully saturated rings. The highest BCUT2D eigenvalue weighted by atomic mass is 16.5. The predicted octanol–water partition coefficient (Wildman–Crippen LogP) is 6.99. The second kappa shape index (κ2) is 9.94. The SMILES string of the molecule is B1N[C@H](C2CCCCC2)C(Cc2cccc3ccccc23)(Cc2cccc3ccccc23)O1.C. The zero-order valence-electron chi connectivity index (χ0n) is 19.3. The fourth-order valence-electron chi connectivity index (χ4n) is 6.54. The van der Waals surface area contributed by atoms with E-state index in [0.29, 0.717) is 19.6 Å². The quantitative estimate of drug-likeness (QED) is 0.332. The molecule has 1 aliphatic heterocycles. The van der Waals surface area contributed by atoms with Crippen LogP contribution in [0, 0.1) is 5.92 Å². The first-order valence-corrected chi connectivity index (χ1v) is 12.6. The topological polar surface area (TPSA) is 21.3 Å². The lowest BCUT2D eigenvalue weighted by atomic mass is 9.72. The molecule has 2 aliphatic rings. The Morgan fingerprint density at radius 3 is 1.82 bits per heavy atom. The molecule has 2 nitrogen and oxygen atoms in total. The molecular formula is C31H36BNO. The van der Waals surface area contributed by atoms with Gasteiger partial charge in [0.15, 0.2) is 0 Å². The normalized spacial score (nSPS) is 20.2. The number of hydrogen-bond acceptors (Lipinski definition) is 2. The largest absolute Gasteiger partial charge is 0.416 e. The smallest absolute Gasteiger partial charge is 0.361 e. The summed E-state index contributed by atoms with van der Waals surface area (Å²) in [6.07, 6.45) is 8.58. The van der Waals surface area contributed by atoms with Gasteiger partial charge in [-0.2, -0.15) is 0 Å². The van der Waals surface area contributed by atoms with Crippen LogP contribution in [0.5, 0.6) is 0 Å². The molecule has 1 aliphatic carbocycles. The summed E-state index contributed by atoms with van der Waals surface area (Å²) in [5.41, 5.74) is 2.56. The highest BCUT2D eigenvalue weighted by molar-refractivity contribution is 6.25. The van der Waals surface area contributed by atoms with Crippen LogP contribution in [-0.4, -0.2) is 19.3 Å². The number of rotatable bonds is 5. The molecule has 174 valence electrons. The van der Waals surface area contributed by atoms with Crippen molar-refractivity contribution in [2.24, 2.45) is 5.92 Å².